The SMILES string of the molecule is O=C(O[C@]1(C(F)(F)F)C(=O)Nc2cc3c(cc21)OCO3)c1ccc(Cl)nc1. The summed E-state index contributed by atoms with van der Waals surface area (Å²) in [5.41, 5.74) is -4.63. The van der Waals surface area contributed by atoms with Crippen molar-refractivity contribution in [3.63, 3.8) is 0 Å². The number of fused-ring (bicyclic) bond motifs is 2. The molecule has 2 aromatic rings. The average molecular weight is 401 g/mol. The number of pyridine rings is 1. The molecule has 0 bridgehead atoms. The van der Waals surface area contributed by atoms with E-state index in [1.54, 1.807) is 0 Å². The molecule has 1 N–H and O–H groups in total. The summed E-state index contributed by atoms with van der Waals surface area (Å²) < 4.78 is 56.9. The quantitative estimate of drug-likeness (QED) is 0.616. The molecule has 1 atom stereocenters. The Labute approximate surface area is 154 Å². The summed E-state index contributed by atoms with van der Waals surface area (Å²) in [4.78, 5) is 28.3. The maximum atomic E-state index is 14.0. The van der Waals surface area contributed by atoms with Crippen molar-refractivity contribution >= 4 is 29.2 Å². The van der Waals surface area contributed by atoms with E-state index >= 15 is 0 Å². The van der Waals surface area contributed by atoms with Gasteiger partial charge in [-0.2, -0.15) is 13.2 Å². The number of halogens is 4. The lowest BCUT2D eigenvalue weighted by molar-refractivity contribution is -0.251. The minimum Gasteiger partial charge on any atom is -0.454 e. The Balaban J connectivity index is 1.82. The molecule has 11 heteroatoms. The van der Waals surface area contributed by atoms with Crippen LogP contribution in [0, 0.1) is 0 Å². The van der Waals surface area contributed by atoms with Crippen molar-refractivity contribution in [1.82, 2.24) is 4.98 Å². The number of esters is 1. The molecule has 0 spiro atoms. The third-order valence-electron chi connectivity index (χ3n) is 4.07. The Morgan fingerprint density at radius 2 is 1.96 bits per heavy atom. The second-order valence-electron chi connectivity index (χ2n) is 5.64. The standard InChI is InChI=1S/C16H8ClF3N2O5/c17-12-2-1-7(5-21-12)13(23)27-15(16(18,19)20)8-3-10-11(26-6-25-10)4-9(8)22-14(15)24/h1-5H,6H2,(H,22,24)/t15-/m0/s1. The number of carbonyl (C=O) groups excluding carboxylic acids is 2. The number of nitrogens with zero attached hydrogens (tertiary/aromatic N) is 1. The van der Waals surface area contributed by atoms with E-state index in [1.165, 1.54) is 12.1 Å². The van der Waals surface area contributed by atoms with Gasteiger partial charge in [-0.05, 0) is 18.2 Å². The van der Waals surface area contributed by atoms with E-state index in [2.05, 4.69) is 10.3 Å². The fourth-order valence-corrected chi connectivity index (χ4v) is 2.92. The summed E-state index contributed by atoms with van der Waals surface area (Å²) in [7, 11) is 0. The molecule has 0 radical (unpaired) electrons. The number of benzene rings is 1. The smallest absolute Gasteiger partial charge is 0.442 e. The first-order chi connectivity index (χ1) is 12.7. The van der Waals surface area contributed by atoms with Crippen LogP contribution in [0.15, 0.2) is 30.5 Å². The van der Waals surface area contributed by atoms with Crippen LogP contribution in [-0.4, -0.2) is 29.8 Å². The van der Waals surface area contributed by atoms with Crippen LogP contribution in [0.1, 0.15) is 15.9 Å². The predicted octanol–water partition coefficient (Wildman–Crippen LogP) is 3.03. The molecule has 7 nitrogen and oxygen atoms in total. The van der Waals surface area contributed by atoms with E-state index in [9.17, 15) is 22.8 Å². The number of hydrogen-bond donors (Lipinski definition) is 1. The van der Waals surface area contributed by atoms with Crippen LogP contribution in [-0.2, 0) is 15.1 Å². The zero-order valence-electron chi connectivity index (χ0n) is 13.1. The monoisotopic (exact) mass is 400 g/mol. The lowest BCUT2D eigenvalue weighted by Crippen LogP contribution is -2.51. The summed E-state index contributed by atoms with van der Waals surface area (Å²) in [6, 6.07) is 4.49. The van der Waals surface area contributed by atoms with Gasteiger partial charge in [0, 0.05) is 17.8 Å². The van der Waals surface area contributed by atoms with Crippen LogP contribution in [0.2, 0.25) is 5.15 Å². The van der Waals surface area contributed by atoms with Crippen molar-refractivity contribution in [2.45, 2.75) is 11.8 Å². The molecule has 0 aliphatic carbocycles. The van der Waals surface area contributed by atoms with E-state index in [0.717, 1.165) is 18.3 Å². The normalized spacial score (nSPS) is 20.2. The molecule has 2 aliphatic rings. The van der Waals surface area contributed by atoms with Gasteiger partial charge in [0.1, 0.15) is 5.15 Å². The van der Waals surface area contributed by atoms with Gasteiger partial charge in [0.25, 0.3) is 5.91 Å². The summed E-state index contributed by atoms with van der Waals surface area (Å²) >= 11 is 5.60. The summed E-state index contributed by atoms with van der Waals surface area (Å²) in [5, 5.41) is 2.12. The van der Waals surface area contributed by atoms with Crippen molar-refractivity contribution in [2.24, 2.45) is 0 Å². The first kappa shape index (κ1) is 17.4. The van der Waals surface area contributed by atoms with Gasteiger partial charge < -0.3 is 19.5 Å². The van der Waals surface area contributed by atoms with Crippen molar-refractivity contribution in [2.75, 3.05) is 12.1 Å². The molecule has 27 heavy (non-hydrogen) atoms. The highest BCUT2D eigenvalue weighted by Gasteiger charge is 2.69. The van der Waals surface area contributed by atoms with Gasteiger partial charge in [-0.3, -0.25) is 4.79 Å². The Morgan fingerprint density at radius 3 is 2.59 bits per heavy atom. The van der Waals surface area contributed by atoms with Crippen molar-refractivity contribution in [3.05, 3.63) is 46.7 Å². The van der Waals surface area contributed by atoms with E-state index in [4.69, 9.17) is 25.8 Å². The van der Waals surface area contributed by atoms with E-state index in [0.29, 0.717) is 0 Å². The molecule has 3 heterocycles. The maximum Gasteiger partial charge on any atom is 0.442 e. The van der Waals surface area contributed by atoms with Crippen LogP contribution >= 0.6 is 11.6 Å². The summed E-state index contributed by atoms with van der Waals surface area (Å²) in [5.74, 6) is -2.77. The fourth-order valence-electron chi connectivity index (χ4n) is 2.80. The van der Waals surface area contributed by atoms with Crippen LogP contribution in [0.3, 0.4) is 0 Å². The molecule has 2 aliphatic heterocycles. The van der Waals surface area contributed by atoms with Crippen molar-refractivity contribution in [3.8, 4) is 11.5 Å². The minimum atomic E-state index is -5.24. The Bertz CT molecular complexity index is 964. The van der Waals surface area contributed by atoms with Gasteiger partial charge in [-0.25, -0.2) is 9.78 Å². The topological polar surface area (TPSA) is 86.8 Å². The van der Waals surface area contributed by atoms with E-state index < -0.39 is 29.2 Å². The zero-order chi connectivity index (χ0) is 19.4. The van der Waals surface area contributed by atoms with E-state index in [1.807, 2.05) is 0 Å². The lowest BCUT2D eigenvalue weighted by atomic mass is 9.93. The molecule has 0 saturated carbocycles. The lowest BCUT2D eigenvalue weighted by Gasteiger charge is -2.29. The van der Waals surface area contributed by atoms with Gasteiger partial charge in [0.15, 0.2) is 11.5 Å². The van der Waals surface area contributed by atoms with Crippen LogP contribution < -0.4 is 14.8 Å². The molecule has 1 aromatic heterocycles. The molecule has 140 valence electrons. The number of alkyl halides is 3. The average Bonchev–Trinajstić information content (AvgIpc) is 3.15. The Hall–Kier alpha value is -3.01. The molecule has 1 aromatic carbocycles. The van der Waals surface area contributed by atoms with Gasteiger partial charge in [0.05, 0.1) is 11.3 Å². The molecule has 0 fully saturated rings. The number of ether oxygens (including phenoxy) is 3. The summed E-state index contributed by atoms with van der Waals surface area (Å²) in [6.45, 7) is -0.179. The third-order valence-corrected chi connectivity index (χ3v) is 4.29. The molecule has 0 unspecified atom stereocenters. The van der Waals surface area contributed by atoms with Gasteiger partial charge in [-0.1, -0.05) is 11.6 Å². The number of nitrogens with one attached hydrogen (secondary N) is 1. The molecular weight excluding hydrogens is 393 g/mol. The number of anilines is 1. The highest BCUT2D eigenvalue weighted by Crippen LogP contribution is 2.53. The first-order valence-electron chi connectivity index (χ1n) is 7.39. The second kappa shape index (κ2) is 5.74. The number of amides is 1. The maximum absolute atomic E-state index is 14.0. The second-order valence-corrected chi connectivity index (χ2v) is 6.03. The van der Waals surface area contributed by atoms with Crippen molar-refractivity contribution in [1.29, 1.82) is 0 Å². The fraction of sp³-hybridized carbons (Fsp3) is 0.188. The summed E-state index contributed by atoms with van der Waals surface area (Å²) in [6.07, 6.45) is -4.30. The van der Waals surface area contributed by atoms with Gasteiger partial charge in [-0.15, -0.1) is 0 Å². The third kappa shape index (κ3) is 2.55. The Morgan fingerprint density at radius 1 is 1.26 bits per heavy atom. The van der Waals surface area contributed by atoms with Gasteiger partial charge in [0.2, 0.25) is 6.79 Å². The van der Waals surface area contributed by atoms with Crippen molar-refractivity contribution < 1.29 is 37.0 Å². The number of carbonyl (C=O) groups is 2. The first-order valence-corrected chi connectivity index (χ1v) is 7.77. The molecule has 0 saturated heterocycles. The van der Waals surface area contributed by atoms with E-state index in [-0.39, 0.29) is 34.7 Å². The number of aromatic nitrogens is 1. The number of hydrogen-bond acceptors (Lipinski definition) is 6. The molecule has 4 rings (SSSR count). The highest BCUT2D eigenvalue weighted by atomic mass is 35.5. The largest absolute Gasteiger partial charge is 0.454 e. The highest BCUT2D eigenvalue weighted by molar-refractivity contribution is 6.29. The zero-order valence-corrected chi connectivity index (χ0v) is 13.9. The van der Waals surface area contributed by atoms with Crippen LogP contribution in [0.4, 0.5) is 18.9 Å². The number of rotatable bonds is 2. The van der Waals surface area contributed by atoms with Crippen LogP contribution in [0.25, 0.3) is 0 Å². The molecule has 1 amide bonds. The minimum absolute atomic E-state index is 0.00286. The van der Waals surface area contributed by atoms with Gasteiger partial charge >= 0.3 is 17.7 Å². The predicted molar refractivity (Wildman–Crippen MR) is 83.6 cm³/mol. The Kier molecular flexibility index (Phi) is 3.70. The molecular formula is C16H8ClF3N2O5. The van der Waals surface area contributed by atoms with Crippen LogP contribution in [0.5, 0.6) is 11.5 Å².